The van der Waals surface area contributed by atoms with Gasteiger partial charge >= 0.3 is 0 Å². The number of anilines is 1. The summed E-state index contributed by atoms with van der Waals surface area (Å²) in [4.78, 5) is 18.4. The summed E-state index contributed by atoms with van der Waals surface area (Å²) >= 11 is 0. The molecule has 0 spiro atoms. The zero-order valence-electron chi connectivity index (χ0n) is 11.8. The van der Waals surface area contributed by atoms with Gasteiger partial charge in [0.1, 0.15) is 0 Å². The molecule has 114 valence electrons. The highest BCUT2D eigenvalue weighted by molar-refractivity contribution is 5.95. The number of fused-ring (bicyclic) bond motifs is 1. The molecule has 0 bridgehead atoms. The van der Waals surface area contributed by atoms with Crippen molar-refractivity contribution in [3.05, 3.63) is 23.6 Å². The highest BCUT2D eigenvalue weighted by Gasteiger charge is 2.32. The number of amides is 1. The van der Waals surface area contributed by atoms with Crippen LogP contribution in [-0.2, 0) is 0 Å². The van der Waals surface area contributed by atoms with E-state index in [0.29, 0.717) is 6.04 Å². The molecule has 2 aliphatic heterocycles. The second-order valence-corrected chi connectivity index (χ2v) is 5.69. The minimum Gasteiger partial charge on any atom is -0.349 e. The lowest BCUT2D eigenvalue weighted by Gasteiger charge is -2.35. The first-order valence-corrected chi connectivity index (χ1v) is 7.35. The summed E-state index contributed by atoms with van der Waals surface area (Å²) in [7, 11) is 0. The van der Waals surface area contributed by atoms with E-state index >= 15 is 0 Å². The molecule has 2 aliphatic rings. The quantitative estimate of drug-likeness (QED) is 0.569. The summed E-state index contributed by atoms with van der Waals surface area (Å²) in [6.45, 7) is 2.17. The van der Waals surface area contributed by atoms with Gasteiger partial charge in [0, 0.05) is 24.8 Å². The third-order valence-electron chi connectivity index (χ3n) is 4.43. The van der Waals surface area contributed by atoms with Crippen LogP contribution in [0.3, 0.4) is 0 Å². The Labute approximate surface area is 122 Å². The van der Waals surface area contributed by atoms with Crippen molar-refractivity contribution in [1.29, 1.82) is 0 Å². The summed E-state index contributed by atoms with van der Waals surface area (Å²) in [6.07, 6.45) is 5.65. The number of nitrogens with two attached hydrogens (primary N) is 1. The van der Waals surface area contributed by atoms with E-state index in [9.17, 15) is 9.18 Å². The molecule has 1 aromatic rings. The lowest BCUT2D eigenvalue weighted by molar-refractivity contribution is 0.0892. The fraction of sp³-hybridized carbons (Fsp3) is 0.571. The lowest BCUT2D eigenvalue weighted by atomic mass is 9.97. The van der Waals surface area contributed by atoms with E-state index in [0.717, 1.165) is 25.9 Å². The van der Waals surface area contributed by atoms with Crippen molar-refractivity contribution >= 4 is 11.7 Å². The van der Waals surface area contributed by atoms with Gasteiger partial charge in [0.05, 0.1) is 5.56 Å². The maximum atomic E-state index is 14.0. The molecule has 3 heterocycles. The Morgan fingerprint density at radius 3 is 3.10 bits per heavy atom. The van der Waals surface area contributed by atoms with E-state index in [1.807, 2.05) is 0 Å². The van der Waals surface area contributed by atoms with Crippen LogP contribution < -0.4 is 16.6 Å². The topological polar surface area (TPSA) is 83.3 Å². The SMILES string of the molecule is NNc1nccc(C(=O)NC2CCN3CCCC3C2)c1F. The number of aromatic nitrogens is 1. The Morgan fingerprint density at radius 2 is 2.29 bits per heavy atom. The number of carbonyl (C=O) groups is 1. The monoisotopic (exact) mass is 293 g/mol. The van der Waals surface area contributed by atoms with E-state index in [1.165, 1.54) is 25.1 Å². The van der Waals surface area contributed by atoms with E-state index in [2.05, 4.69) is 20.6 Å². The predicted molar refractivity (Wildman–Crippen MR) is 77.1 cm³/mol. The first-order chi connectivity index (χ1) is 10.2. The second-order valence-electron chi connectivity index (χ2n) is 5.69. The molecule has 2 atom stereocenters. The number of nitrogen functional groups attached to an aromatic ring is 1. The Balaban J connectivity index is 1.66. The molecule has 0 aromatic carbocycles. The van der Waals surface area contributed by atoms with E-state index in [4.69, 9.17) is 5.84 Å². The molecule has 21 heavy (non-hydrogen) atoms. The average molecular weight is 293 g/mol. The van der Waals surface area contributed by atoms with E-state index < -0.39 is 11.7 Å². The molecule has 2 fully saturated rings. The first-order valence-electron chi connectivity index (χ1n) is 7.35. The highest BCUT2D eigenvalue weighted by Crippen LogP contribution is 2.27. The number of carbonyl (C=O) groups excluding carboxylic acids is 1. The van der Waals surface area contributed by atoms with Crippen molar-refractivity contribution in [2.24, 2.45) is 5.84 Å². The zero-order valence-corrected chi connectivity index (χ0v) is 11.8. The fourth-order valence-electron chi connectivity index (χ4n) is 3.34. The number of hydrogen-bond donors (Lipinski definition) is 3. The third kappa shape index (κ3) is 2.84. The molecule has 4 N–H and O–H groups in total. The first kappa shape index (κ1) is 14.2. The molecule has 1 aromatic heterocycles. The van der Waals surface area contributed by atoms with Gasteiger partial charge in [0.15, 0.2) is 11.6 Å². The summed E-state index contributed by atoms with van der Waals surface area (Å²) in [5, 5.41) is 2.94. The maximum Gasteiger partial charge on any atom is 0.254 e. The van der Waals surface area contributed by atoms with Crippen LogP contribution in [0.4, 0.5) is 10.2 Å². The van der Waals surface area contributed by atoms with Crippen molar-refractivity contribution in [3.8, 4) is 0 Å². The van der Waals surface area contributed by atoms with Gasteiger partial charge in [-0.2, -0.15) is 0 Å². The number of hydrazine groups is 1. The predicted octanol–water partition coefficient (Wildman–Crippen LogP) is 0.863. The van der Waals surface area contributed by atoms with Crippen molar-refractivity contribution in [3.63, 3.8) is 0 Å². The largest absolute Gasteiger partial charge is 0.349 e. The molecular formula is C14H20FN5O. The lowest BCUT2D eigenvalue weighted by Crippen LogP contribution is -2.47. The normalized spacial score (nSPS) is 25.4. The van der Waals surface area contributed by atoms with Crippen LogP contribution in [-0.4, -0.2) is 41.0 Å². The van der Waals surface area contributed by atoms with Gasteiger partial charge in [-0.15, -0.1) is 0 Å². The molecule has 6 nitrogen and oxygen atoms in total. The standard InChI is InChI=1S/C14H20FN5O/c15-12-11(3-5-17-13(12)19-16)14(21)18-9-4-7-20-6-1-2-10(20)8-9/h3,5,9-10H,1-2,4,6-8,16H2,(H,17,19)(H,18,21). The summed E-state index contributed by atoms with van der Waals surface area (Å²) in [5.74, 6) is 3.94. The number of nitrogens with zero attached hydrogens (tertiary/aromatic N) is 2. The summed E-state index contributed by atoms with van der Waals surface area (Å²) in [5.41, 5.74) is 2.13. The number of rotatable bonds is 3. The van der Waals surface area contributed by atoms with Crippen LogP contribution >= 0.6 is 0 Å². The van der Waals surface area contributed by atoms with Crippen molar-refractivity contribution in [2.45, 2.75) is 37.8 Å². The molecule has 0 aliphatic carbocycles. The second kappa shape index (κ2) is 5.95. The van der Waals surface area contributed by atoms with Gasteiger partial charge < -0.3 is 15.6 Å². The summed E-state index contributed by atoms with van der Waals surface area (Å²) in [6, 6.07) is 2.04. The number of pyridine rings is 1. The van der Waals surface area contributed by atoms with Crippen molar-refractivity contribution < 1.29 is 9.18 Å². The summed E-state index contributed by atoms with van der Waals surface area (Å²) < 4.78 is 14.0. The number of nitrogens with one attached hydrogen (secondary N) is 2. The van der Waals surface area contributed by atoms with Crippen LogP contribution in [0.5, 0.6) is 0 Å². The Hall–Kier alpha value is -1.73. The van der Waals surface area contributed by atoms with Crippen LogP contribution in [0.1, 0.15) is 36.0 Å². The van der Waals surface area contributed by atoms with Gasteiger partial charge in [-0.1, -0.05) is 0 Å². The number of piperidine rings is 1. The third-order valence-corrected chi connectivity index (χ3v) is 4.43. The van der Waals surface area contributed by atoms with Crippen LogP contribution in [0.2, 0.25) is 0 Å². The van der Waals surface area contributed by atoms with Crippen LogP contribution in [0.15, 0.2) is 12.3 Å². The zero-order chi connectivity index (χ0) is 14.8. The fourth-order valence-corrected chi connectivity index (χ4v) is 3.34. The van der Waals surface area contributed by atoms with E-state index in [-0.39, 0.29) is 17.4 Å². The molecule has 7 heteroatoms. The molecular weight excluding hydrogens is 273 g/mol. The highest BCUT2D eigenvalue weighted by atomic mass is 19.1. The van der Waals surface area contributed by atoms with Gasteiger partial charge in [-0.25, -0.2) is 15.2 Å². The smallest absolute Gasteiger partial charge is 0.254 e. The van der Waals surface area contributed by atoms with Crippen LogP contribution in [0, 0.1) is 5.82 Å². The van der Waals surface area contributed by atoms with Gasteiger partial charge in [0.2, 0.25) is 0 Å². The Morgan fingerprint density at radius 1 is 1.43 bits per heavy atom. The van der Waals surface area contributed by atoms with Gasteiger partial charge in [-0.05, 0) is 38.3 Å². The Bertz CT molecular complexity index is 538. The molecule has 0 radical (unpaired) electrons. The van der Waals surface area contributed by atoms with Crippen molar-refractivity contribution in [1.82, 2.24) is 15.2 Å². The molecule has 2 saturated heterocycles. The number of hydrogen-bond acceptors (Lipinski definition) is 5. The maximum absolute atomic E-state index is 14.0. The minimum atomic E-state index is -0.712. The van der Waals surface area contributed by atoms with E-state index in [1.54, 1.807) is 0 Å². The molecule has 3 rings (SSSR count). The number of halogens is 1. The van der Waals surface area contributed by atoms with Crippen molar-refractivity contribution in [2.75, 3.05) is 18.5 Å². The molecule has 1 amide bonds. The molecule has 0 saturated carbocycles. The molecule has 2 unspecified atom stereocenters. The van der Waals surface area contributed by atoms with Crippen LogP contribution in [0.25, 0.3) is 0 Å². The Kier molecular flexibility index (Phi) is 4.03. The van der Waals surface area contributed by atoms with Gasteiger partial charge in [0.25, 0.3) is 5.91 Å². The minimum absolute atomic E-state index is 0.0215. The van der Waals surface area contributed by atoms with Gasteiger partial charge in [-0.3, -0.25) is 4.79 Å². The average Bonchev–Trinajstić information content (AvgIpc) is 2.95.